The lowest BCUT2D eigenvalue weighted by atomic mass is 10.2. The molecule has 0 atom stereocenters. The van der Waals surface area contributed by atoms with E-state index in [4.69, 9.17) is 0 Å². The van der Waals surface area contributed by atoms with Crippen molar-refractivity contribution >= 4 is 23.8 Å². The van der Waals surface area contributed by atoms with E-state index in [0.717, 1.165) is 12.7 Å². The van der Waals surface area contributed by atoms with Crippen LogP contribution in [0, 0.1) is 6.92 Å². The first-order chi connectivity index (χ1) is 8.51. The smallest absolute Gasteiger partial charge is 0.415 e. The summed E-state index contributed by atoms with van der Waals surface area (Å²) in [6.45, 7) is 1.91. The van der Waals surface area contributed by atoms with Crippen LogP contribution in [0.5, 0.6) is 0 Å². The molecule has 1 aromatic carbocycles. The van der Waals surface area contributed by atoms with E-state index in [2.05, 4.69) is 10.1 Å². The van der Waals surface area contributed by atoms with Crippen molar-refractivity contribution in [1.82, 2.24) is 10.6 Å². The van der Waals surface area contributed by atoms with Gasteiger partial charge in [-0.3, -0.25) is 5.32 Å². The second-order valence-corrected chi connectivity index (χ2v) is 3.39. The number of carbonyl (C=O) groups excluding carboxylic acids is 3. The summed E-state index contributed by atoms with van der Waals surface area (Å²) in [5, 5.41) is 6.12. The molecular formula is C11H13N3O4. The largest absolute Gasteiger partial charge is 0.453 e. The number of anilines is 1. The predicted octanol–water partition coefficient (Wildman–Crippen LogP) is 1.59. The van der Waals surface area contributed by atoms with Gasteiger partial charge in [-0.25, -0.2) is 19.7 Å². The summed E-state index contributed by atoms with van der Waals surface area (Å²) in [4.78, 5) is 33.1. The number of nitrogens with one attached hydrogen (secondary N) is 3. The number of aryl methyl sites for hydroxylation is 1. The minimum Gasteiger partial charge on any atom is -0.453 e. The van der Waals surface area contributed by atoms with E-state index < -0.39 is 18.2 Å². The molecule has 0 unspecified atom stereocenters. The van der Waals surface area contributed by atoms with Crippen molar-refractivity contribution < 1.29 is 19.1 Å². The van der Waals surface area contributed by atoms with Gasteiger partial charge in [-0.1, -0.05) is 17.7 Å². The molecule has 1 rings (SSSR count). The first kappa shape index (κ1) is 13.5. The summed E-state index contributed by atoms with van der Waals surface area (Å²) in [5.41, 5.74) is 1.58. The summed E-state index contributed by atoms with van der Waals surface area (Å²) >= 11 is 0. The highest BCUT2D eigenvalue weighted by Crippen LogP contribution is 2.07. The molecule has 0 saturated carbocycles. The van der Waals surface area contributed by atoms with Crippen molar-refractivity contribution in [2.75, 3.05) is 12.4 Å². The number of benzene rings is 1. The van der Waals surface area contributed by atoms with E-state index >= 15 is 0 Å². The highest BCUT2D eigenvalue weighted by molar-refractivity contribution is 6.04. The Hall–Kier alpha value is -2.57. The molecule has 7 nitrogen and oxygen atoms in total. The minimum atomic E-state index is -0.966. The van der Waals surface area contributed by atoms with Gasteiger partial charge in [0.1, 0.15) is 0 Å². The monoisotopic (exact) mass is 251 g/mol. The number of imide groups is 2. The van der Waals surface area contributed by atoms with Crippen LogP contribution < -0.4 is 16.0 Å². The van der Waals surface area contributed by atoms with Gasteiger partial charge >= 0.3 is 18.2 Å². The lowest BCUT2D eigenvalue weighted by Crippen LogP contribution is -2.44. The third-order valence-electron chi connectivity index (χ3n) is 1.94. The molecule has 7 heteroatoms. The topological polar surface area (TPSA) is 96.5 Å². The molecule has 0 fully saturated rings. The molecule has 5 amide bonds. The van der Waals surface area contributed by atoms with Crippen LogP contribution in [0.1, 0.15) is 5.56 Å². The second-order valence-electron chi connectivity index (χ2n) is 3.39. The van der Waals surface area contributed by atoms with Gasteiger partial charge in [-0.15, -0.1) is 0 Å². The highest BCUT2D eigenvalue weighted by atomic mass is 16.5. The Balaban J connectivity index is 2.44. The third-order valence-corrected chi connectivity index (χ3v) is 1.94. The summed E-state index contributed by atoms with van der Waals surface area (Å²) in [7, 11) is 1.11. The maximum Gasteiger partial charge on any atom is 0.415 e. The Kier molecular flexibility index (Phi) is 4.67. The molecule has 0 aliphatic rings. The second kappa shape index (κ2) is 6.24. The van der Waals surface area contributed by atoms with Gasteiger partial charge in [0, 0.05) is 5.69 Å². The number of rotatable bonds is 1. The number of hydrogen-bond donors (Lipinski definition) is 3. The van der Waals surface area contributed by atoms with Crippen LogP contribution in [0.15, 0.2) is 24.3 Å². The molecule has 0 radical (unpaired) electrons. The van der Waals surface area contributed by atoms with Crippen LogP contribution in [-0.4, -0.2) is 25.3 Å². The van der Waals surface area contributed by atoms with Gasteiger partial charge < -0.3 is 10.1 Å². The Morgan fingerprint density at radius 1 is 1.00 bits per heavy atom. The quantitative estimate of drug-likeness (QED) is 0.706. The van der Waals surface area contributed by atoms with E-state index in [-0.39, 0.29) is 0 Å². The van der Waals surface area contributed by atoms with Gasteiger partial charge in [-0.05, 0) is 19.1 Å². The molecule has 0 aliphatic carbocycles. The first-order valence-electron chi connectivity index (χ1n) is 5.05. The molecule has 3 N–H and O–H groups in total. The first-order valence-corrected chi connectivity index (χ1v) is 5.05. The van der Waals surface area contributed by atoms with Crippen molar-refractivity contribution in [3.05, 3.63) is 29.8 Å². The van der Waals surface area contributed by atoms with Crippen molar-refractivity contribution in [3.63, 3.8) is 0 Å². The van der Waals surface area contributed by atoms with Crippen LogP contribution in [0.25, 0.3) is 0 Å². The summed E-state index contributed by atoms with van der Waals surface area (Å²) < 4.78 is 4.19. The molecule has 0 heterocycles. The summed E-state index contributed by atoms with van der Waals surface area (Å²) in [6.07, 6.45) is -0.948. The average molecular weight is 251 g/mol. The lowest BCUT2D eigenvalue weighted by molar-refractivity contribution is 0.171. The van der Waals surface area contributed by atoms with Gasteiger partial charge in [-0.2, -0.15) is 0 Å². The normalized spacial score (nSPS) is 9.22. The molecule has 0 spiro atoms. The number of alkyl carbamates (subject to hydrolysis) is 1. The van der Waals surface area contributed by atoms with E-state index in [1.165, 1.54) is 0 Å². The van der Waals surface area contributed by atoms with Crippen LogP contribution in [-0.2, 0) is 4.74 Å². The van der Waals surface area contributed by atoms with Crippen LogP contribution in [0.3, 0.4) is 0 Å². The molecule has 0 saturated heterocycles. The van der Waals surface area contributed by atoms with Crippen molar-refractivity contribution in [3.8, 4) is 0 Å². The van der Waals surface area contributed by atoms with E-state index in [1.807, 2.05) is 24.4 Å². The fraction of sp³-hybridized carbons (Fsp3) is 0.182. The van der Waals surface area contributed by atoms with Crippen LogP contribution >= 0.6 is 0 Å². The number of carbonyl (C=O) groups is 3. The van der Waals surface area contributed by atoms with Crippen molar-refractivity contribution in [2.24, 2.45) is 0 Å². The summed E-state index contributed by atoms with van der Waals surface area (Å²) in [5.74, 6) is 0. The molecule has 0 aliphatic heterocycles. The highest BCUT2D eigenvalue weighted by Gasteiger charge is 2.10. The Morgan fingerprint density at radius 2 is 1.61 bits per heavy atom. The van der Waals surface area contributed by atoms with E-state index in [0.29, 0.717) is 5.69 Å². The van der Waals surface area contributed by atoms with Gasteiger partial charge in [0.25, 0.3) is 0 Å². The van der Waals surface area contributed by atoms with Crippen LogP contribution in [0.2, 0.25) is 0 Å². The molecule has 1 aromatic rings. The van der Waals surface area contributed by atoms with Gasteiger partial charge in [0.2, 0.25) is 0 Å². The number of hydrogen-bond acceptors (Lipinski definition) is 4. The van der Waals surface area contributed by atoms with E-state index in [9.17, 15) is 14.4 Å². The molecule has 18 heavy (non-hydrogen) atoms. The SMILES string of the molecule is COC(=O)NC(=O)NC(=O)Nc1ccc(C)cc1. The fourth-order valence-corrected chi connectivity index (χ4v) is 1.08. The van der Waals surface area contributed by atoms with Gasteiger partial charge in [0.15, 0.2) is 0 Å². The Morgan fingerprint density at radius 3 is 2.17 bits per heavy atom. The molecule has 0 bridgehead atoms. The third kappa shape index (κ3) is 4.52. The minimum absolute atomic E-state index is 0.531. The molecular weight excluding hydrogens is 238 g/mol. The number of methoxy groups -OCH3 is 1. The van der Waals surface area contributed by atoms with Gasteiger partial charge in [0.05, 0.1) is 7.11 Å². The lowest BCUT2D eigenvalue weighted by Gasteiger charge is -2.07. The number of amides is 5. The fourth-order valence-electron chi connectivity index (χ4n) is 1.08. The zero-order valence-corrected chi connectivity index (χ0v) is 9.94. The maximum absolute atomic E-state index is 11.3. The number of ether oxygens (including phenoxy) is 1. The van der Waals surface area contributed by atoms with E-state index in [1.54, 1.807) is 17.4 Å². The predicted molar refractivity (Wildman–Crippen MR) is 64.3 cm³/mol. The molecule has 96 valence electrons. The zero-order chi connectivity index (χ0) is 13.5. The Bertz CT molecular complexity index is 456. The van der Waals surface area contributed by atoms with Crippen molar-refractivity contribution in [1.29, 1.82) is 0 Å². The van der Waals surface area contributed by atoms with Crippen LogP contribution in [0.4, 0.5) is 20.1 Å². The number of urea groups is 2. The standard InChI is InChI=1S/C11H13N3O4/c1-7-3-5-8(6-4-7)12-9(15)13-10(16)14-11(17)18-2/h3-6H,1-2H3,(H3,12,13,14,15,16,17). The average Bonchev–Trinajstić information content (AvgIpc) is 2.31. The maximum atomic E-state index is 11.3. The van der Waals surface area contributed by atoms with Crippen molar-refractivity contribution in [2.45, 2.75) is 6.92 Å². The Labute approximate surface area is 104 Å². The summed E-state index contributed by atoms with van der Waals surface area (Å²) in [6, 6.07) is 5.28. The molecule has 0 aromatic heterocycles. The zero-order valence-electron chi connectivity index (χ0n) is 9.94.